The first-order valence-corrected chi connectivity index (χ1v) is 8.20. The standard InChI is InChI=1S/C18H26N2O3/c1-5-16(21)20-9-8-13-10-14(6-7-15(13)20)17(22)19-11-18(4,23)12(2)3/h6-7,10,12,23H,5,8-9,11H2,1-4H3,(H,19,22). The van der Waals surface area contributed by atoms with E-state index < -0.39 is 5.60 Å². The summed E-state index contributed by atoms with van der Waals surface area (Å²) in [6.07, 6.45) is 1.25. The summed E-state index contributed by atoms with van der Waals surface area (Å²) in [5.41, 5.74) is 1.56. The smallest absolute Gasteiger partial charge is 0.251 e. The van der Waals surface area contributed by atoms with Crippen LogP contribution in [0.15, 0.2) is 18.2 Å². The van der Waals surface area contributed by atoms with E-state index in [1.54, 1.807) is 17.9 Å². The van der Waals surface area contributed by atoms with Gasteiger partial charge in [0.1, 0.15) is 0 Å². The van der Waals surface area contributed by atoms with Crippen molar-refractivity contribution < 1.29 is 14.7 Å². The number of anilines is 1. The molecule has 126 valence electrons. The summed E-state index contributed by atoms with van der Waals surface area (Å²) in [6, 6.07) is 5.42. The van der Waals surface area contributed by atoms with Crippen LogP contribution in [0.5, 0.6) is 0 Å². The second-order valence-corrected chi connectivity index (χ2v) is 6.69. The molecule has 2 N–H and O–H groups in total. The Labute approximate surface area is 137 Å². The molecule has 2 amide bonds. The van der Waals surface area contributed by atoms with E-state index in [4.69, 9.17) is 0 Å². The Bertz CT molecular complexity index is 608. The SMILES string of the molecule is CCC(=O)N1CCc2cc(C(=O)NCC(C)(O)C(C)C)ccc21. The Hall–Kier alpha value is -1.88. The van der Waals surface area contributed by atoms with Crippen LogP contribution in [0.1, 0.15) is 50.0 Å². The van der Waals surface area contributed by atoms with Gasteiger partial charge in [0.05, 0.1) is 5.60 Å². The molecule has 0 saturated carbocycles. The van der Waals surface area contributed by atoms with Crippen molar-refractivity contribution in [3.63, 3.8) is 0 Å². The normalized spacial score (nSPS) is 16.2. The van der Waals surface area contributed by atoms with Gasteiger partial charge in [-0.25, -0.2) is 0 Å². The Morgan fingerprint density at radius 2 is 2.09 bits per heavy atom. The number of nitrogens with zero attached hydrogens (tertiary/aromatic N) is 1. The fourth-order valence-electron chi connectivity index (χ4n) is 2.56. The average Bonchev–Trinajstić information content (AvgIpc) is 2.94. The van der Waals surface area contributed by atoms with Crippen LogP contribution in [-0.2, 0) is 11.2 Å². The van der Waals surface area contributed by atoms with Gasteiger partial charge in [-0.05, 0) is 43.0 Å². The van der Waals surface area contributed by atoms with Gasteiger partial charge in [-0.1, -0.05) is 20.8 Å². The molecule has 1 heterocycles. The topological polar surface area (TPSA) is 69.6 Å². The number of rotatable bonds is 5. The van der Waals surface area contributed by atoms with Crippen molar-refractivity contribution in [3.8, 4) is 0 Å². The molecule has 1 aliphatic rings. The van der Waals surface area contributed by atoms with Crippen LogP contribution in [0.4, 0.5) is 5.69 Å². The predicted molar refractivity (Wildman–Crippen MR) is 90.6 cm³/mol. The maximum absolute atomic E-state index is 12.3. The highest BCUT2D eigenvalue weighted by molar-refractivity contribution is 5.98. The monoisotopic (exact) mass is 318 g/mol. The Balaban J connectivity index is 2.08. The highest BCUT2D eigenvalue weighted by atomic mass is 16.3. The lowest BCUT2D eigenvalue weighted by atomic mass is 9.92. The molecule has 5 heteroatoms. The number of amides is 2. The predicted octanol–water partition coefficient (Wildman–Crippen LogP) is 2.12. The molecule has 0 aliphatic carbocycles. The molecule has 0 saturated heterocycles. The highest BCUT2D eigenvalue weighted by Gasteiger charge is 2.27. The third-order valence-corrected chi connectivity index (χ3v) is 4.69. The van der Waals surface area contributed by atoms with E-state index in [2.05, 4.69) is 5.32 Å². The molecule has 1 aliphatic heterocycles. The molecule has 0 spiro atoms. The van der Waals surface area contributed by atoms with Crippen LogP contribution in [0.2, 0.25) is 0 Å². The fourth-order valence-corrected chi connectivity index (χ4v) is 2.56. The quantitative estimate of drug-likeness (QED) is 0.874. The van der Waals surface area contributed by atoms with E-state index in [9.17, 15) is 14.7 Å². The second kappa shape index (κ2) is 6.71. The number of hydrogen-bond acceptors (Lipinski definition) is 3. The van der Waals surface area contributed by atoms with Crippen LogP contribution < -0.4 is 10.2 Å². The zero-order chi connectivity index (χ0) is 17.2. The molecule has 1 aromatic carbocycles. The van der Waals surface area contributed by atoms with Crippen molar-refractivity contribution in [1.82, 2.24) is 5.32 Å². The Morgan fingerprint density at radius 3 is 2.70 bits per heavy atom. The lowest BCUT2D eigenvalue weighted by molar-refractivity contribution is -0.118. The molecular weight excluding hydrogens is 292 g/mol. The number of benzene rings is 1. The van der Waals surface area contributed by atoms with Crippen LogP contribution in [0.3, 0.4) is 0 Å². The molecule has 0 radical (unpaired) electrons. The van der Waals surface area contributed by atoms with Crippen molar-refractivity contribution in [3.05, 3.63) is 29.3 Å². The van der Waals surface area contributed by atoms with Gasteiger partial charge in [0, 0.05) is 30.8 Å². The largest absolute Gasteiger partial charge is 0.388 e. The first-order chi connectivity index (χ1) is 10.8. The summed E-state index contributed by atoms with van der Waals surface area (Å²) in [7, 11) is 0. The number of aliphatic hydroxyl groups is 1. The molecule has 5 nitrogen and oxygen atoms in total. The third-order valence-electron chi connectivity index (χ3n) is 4.69. The molecule has 0 bridgehead atoms. The van der Waals surface area contributed by atoms with E-state index in [0.717, 1.165) is 17.7 Å². The van der Waals surface area contributed by atoms with Crippen molar-refractivity contribution in [2.45, 2.75) is 46.1 Å². The second-order valence-electron chi connectivity index (χ2n) is 6.69. The minimum Gasteiger partial charge on any atom is -0.388 e. The van der Waals surface area contributed by atoms with E-state index in [0.29, 0.717) is 18.5 Å². The van der Waals surface area contributed by atoms with E-state index in [1.165, 1.54) is 0 Å². The molecule has 0 fully saturated rings. The van der Waals surface area contributed by atoms with Gasteiger partial charge in [-0.3, -0.25) is 9.59 Å². The number of carbonyl (C=O) groups excluding carboxylic acids is 2. The zero-order valence-corrected chi connectivity index (χ0v) is 14.3. The van der Waals surface area contributed by atoms with Crippen molar-refractivity contribution >= 4 is 17.5 Å². The van der Waals surface area contributed by atoms with Gasteiger partial charge in [0.2, 0.25) is 5.91 Å². The number of carbonyl (C=O) groups is 2. The van der Waals surface area contributed by atoms with Gasteiger partial charge >= 0.3 is 0 Å². The van der Waals surface area contributed by atoms with Crippen molar-refractivity contribution in [2.24, 2.45) is 5.92 Å². The Kier molecular flexibility index (Phi) is 5.09. The lowest BCUT2D eigenvalue weighted by Gasteiger charge is -2.27. The summed E-state index contributed by atoms with van der Waals surface area (Å²) in [5.74, 6) is -0.0423. The molecular formula is C18H26N2O3. The van der Waals surface area contributed by atoms with E-state index in [-0.39, 0.29) is 24.3 Å². The van der Waals surface area contributed by atoms with E-state index in [1.807, 2.05) is 32.9 Å². The van der Waals surface area contributed by atoms with Gasteiger partial charge in [-0.15, -0.1) is 0 Å². The first-order valence-electron chi connectivity index (χ1n) is 8.20. The van der Waals surface area contributed by atoms with Gasteiger partial charge in [0.15, 0.2) is 0 Å². The number of nitrogens with one attached hydrogen (secondary N) is 1. The lowest BCUT2D eigenvalue weighted by Crippen LogP contribution is -2.44. The Morgan fingerprint density at radius 1 is 1.39 bits per heavy atom. The van der Waals surface area contributed by atoms with Gasteiger partial charge < -0.3 is 15.3 Å². The highest BCUT2D eigenvalue weighted by Crippen LogP contribution is 2.29. The minimum absolute atomic E-state index is 0.0523. The number of fused-ring (bicyclic) bond motifs is 1. The third kappa shape index (κ3) is 3.72. The average molecular weight is 318 g/mol. The van der Waals surface area contributed by atoms with Crippen molar-refractivity contribution in [1.29, 1.82) is 0 Å². The molecule has 1 atom stereocenters. The first kappa shape index (κ1) is 17.5. The van der Waals surface area contributed by atoms with Gasteiger partial charge in [0.25, 0.3) is 5.91 Å². The number of hydrogen-bond donors (Lipinski definition) is 2. The van der Waals surface area contributed by atoms with Crippen LogP contribution in [-0.4, -0.2) is 35.6 Å². The van der Waals surface area contributed by atoms with E-state index >= 15 is 0 Å². The maximum Gasteiger partial charge on any atom is 0.251 e. The molecule has 0 aromatic heterocycles. The van der Waals surface area contributed by atoms with Crippen molar-refractivity contribution in [2.75, 3.05) is 18.0 Å². The van der Waals surface area contributed by atoms with Crippen LogP contribution in [0.25, 0.3) is 0 Å². The zero-order valence-electron chi connectivity index (χ0n) is 14.3. The maximum atomic E-state index is 12.3. The molecule has 1 aromatic rings. The van der Waals surface area contributed by atoms with Gasteiger partial charge in [-0.2, -0.15) is 0 Å². The summed E-state index contributed by atoms with van der Waals surface area (Å²) in [5, 5.41) is 13.0. The minimum atomic E-state index is -0.934. The molecule has 23 heavy (non-hydrogen) atoms. The van der Waals surface area contributed by atoms with Crippen LogP contribution >= 0.6 is 0 Å². The summed E-state index contributed by atoms with van der Waals surface area (Å²) in [4.78, 5) is 26.0. The molecule has 2 rings (SSSR count). The molecule has 1 unspecified atom stereocenters. The fraction of sp³-hybridized carbons (Fsp3) is 0.556. The van der Waals surface area contributed by atoms with Crippen LogP contribution in [0, 0.1) is 5.92 Å². The summed E-state index contributed by atoms with van der Waals surface area (Å²) in [6.45, 7) is 8.29. The summed E-state index contributed by atoms with van der Waals surface area (Å²) < 4.78 is 0. The summed E-state index contributed by atoms with van der Waals surface area (Å²) >= 11 is 0.